The highest BCUT2D eigenvalue weighted by atomic mass is 16.6. The molecule has 0 saturated carbocycles. The third-order valence-electron chi connectivity index (χ3n) is 4.84. The Morgan fingerprint density at radius 2 is 1.92 bits per heavy atom. The molecular weight excluding hydrogens is 486 g/mol. The molecule has 1 saturated heterocycles. The fourth-order valence-electron chi connectivity index (χ4n) is 3.05. The van der Waals surface area contributed by atoms with E-state index in [0.29, 0.717) is 12.3 Å². The third kappa shape index (κ3) is 7.18. The zero-order valence-electron chi connectivity index (χ0n) is 19.9. The molecule has 192 valence electrons. The summed E-state index contributed by atoms with van der Waals surface area (Å²) < 4.78 is 19.6. The van der Waals surface area contributed by atoms with Crippen LogP contribution < -0.4 is 9.47 Å². The Hall–Kier alpha value is -5.13. The third-order valence-corrected chi connectivity index (χ3v) is 4.84. The number of hydrazone groups is 1. The molecule has 0 bridgehead atoms. The van der Waals surface area contributed by atoms with E-state index in [1.807, 2.05) is 30.3 Å². The van der Waals surface area contributed by atoms with Gasteiger partial charge in [-0.05, 0) is 17.7 Å². The molecule has 37 heavy (non-hydrogen) atoms. The lowest BCUT2D eigenvalue weighted by Crippen LogP contribution is -2.17. The van der Waals surface area contributed by atoms with Gasteiger partial charge in [0, 0.05) is 12.1 Å². The Balaban J connectivity index is 0.000000213. The number of carbonyl (C=O) groups excluding carboxylic acids is 2. The molecule has 4 rings (SSSR count). The SMILES string of the molecule is COc1cc(O)c(C(=O)C=Cc2ccccc2)c(OC)c1.O=C1OCCN1N=Cc1ccc([N+](=O)[O-])o1. The largest absolute Gasteiger partial charge is 0.507 e. The smallest absolute Gasteiger partial charge is 0.433 e. The quantitative estimate of drug-likeness (QED) is 0.154. The van der Waals surface area contributed by atoms with Crippen LogP contribution >= 0.6 is 0 Å². The number of cyclic esters (lactones) is 1. The second-order valence-electron chi connectivity index (χ2n) is 7.25. The first-order valence-corrected chi connectivity index (χ1v) is 10.8. The number of allylic oxidation sites excluding steroid dienone is 1. The minimum Gasteiger partial charge on any atom is -0.507 e. The Bertz CT molecular complexity index is 1320. The molecule has 2 heterocycles. The Morgan fingerprint density at radius 1 is 1.16 bits per heavy atom. The van der Waals surface area contributed by atoms with Crippen molar-refractivity contribution in [2.24, 2.45) is 5.10 Å². The van der Waals surface area contributed by atoms with E-state index in [0.717, 1.165) is 10.6 Å². The second-order valence-corrected chi connectivity index (χ2v) is 7.25. The van der Waals surface area contributed by atoms with Crippen molar-refractivity contribution >= 4 is 30.1 Å². The zero-order chi connectivity index (χ0) is 26.8. The number of hydrogen-bond acceptors (Lipinski definition) is 10. The maximum absolute atomic E-state index is 12.3. The van der Waals surface area contributed by atoms with E-state index in [4.69, 9.17) is 13.9 Å². The molecule has 1 aliphatic rings. The van der Waals surface area contributed by atoms with Gasteiger partial charge in [0.2, 0.25) is 0 Å². The molecule has 0 unspecified atom stereocenters. The predicted octanol–water partition coefficient (Wildman–Crippen LogP) is 4.28. The van der Waals surface area contributed by atoms with Gasteiger partial charge in [-0.15, -0.1) is 0 Å². The maximum atomic E-state index is 12.3. The van der Waals surface area contributed by atoms with Gasteiger partial charge < -0.3 is 23.7 Å². The summed E-state index contributed by atoms with van der Waals surface area (Å²) in [4.78, 5) is 32.9. The number of benzene rings is 2. The number of ketones is 1. The number of phenolic OH excluding ortho intramolecular Hbond substituents is 1. The zero-order valence-corrected chi connectivity index (χ0v) is 19.9. The van der Waals surface area contributed by atoms with Crippen molar-refractivity contribution in [3.63, 3.8) is 0 Å². The van der Waals surface area contributed by atoms with Gasteiger partial charge in [0.15, 0.2) is 11.5 Å². The Morgan fingerprint density at radius 3 is 2.51 bits per heavy atom. The van der Waals surface area contributed by atoms with Gasteiger partial charge in [0.1, 0.15) is 34.3 Å². The summed E-state index contributed by atoms with van der Waals surface area (Å²) in [6.45, 7) is 0.645. The molecule has 12 heteroatoms. The molecule has 2 aromatic carbocycles. The van der Waals surface area contributed by atoms with Gasteiger partial charge in [-0.3, -0.25) is 14.9 Å². The molecule has 1 aromatic heterocycles. The number of nitro groups is 1. The Kier molecular flexibility index (Phi) is 8.97. The van der Waals surface area contributed by atoms with Crippen molar-refractivity contribution in [1.82, 2.24) is 5.01 Å². The molecule has 1 N–H and O–H groups in total. The van der Waals surface area contributed by atoms with E-state index in [9.17, 15) is 24.8 Å². The summed E-state index contributed by atoms with van der Waals surface area (Å²) in [5.41, 5.74) is 1.02. The summed E-state index contributed by atoms with van der Waals surface area (Å²) in [5.74, 6) is 0.0177. The van der Waals surface area contributed by atoms with Crippen molar-refractivity contribution in [2.45, 2.75) is 0 Å². The normalized spacial score (nSPS) is 12.8. The molecule has 3 aromatic rings. The van der Waals surface area contributed by atoms with Crippen LogP contribution in [0.5, 0.6) is 17.2 Å². The second kappa shape index (κ2) is 12.5. The van der Waals surface area contributed by atoms with Crippen LogP contribution in [0.25, 0.3) is 6.08 Å². The topological polar surface area (TPSA) is 154 Å². The van der Waals surface area contributed by atoms with Crippen LogP contribution in [-0.2, 0) is 4.74 Å². The van der Waals surface area contributed by atoms with Crippen LogP contribution in [0.2, 0.25) is 0 Å². The first kappa shape index (κ1) is 26.5. The lowest BCUT2D eigenvalue weighted by atomic mass is 10.1. The molecule has 12 nitrogen and oxygen atoms in total. The number of carbonyl (C=O) groups is 2. The molecule has 0 aliphatic carbocycles. The number of nitrogens with zero attached hydrogens (tertiary/aromatic N) is 3. The number of methoxy groups -OCH3 is 2. The highest BCUT2D eigenvalue weighted by molar-refractivity contribution is 6.10. The molecule has 1 aliphatic heterocycles. The summed E-state index contributed by atoms with van der Waals surface area (Å²) in [7, 11) is 2.91. The average Bonchev–Trinajstić information content (AvgIpc) is 3.55. The molecule has 0 radical (unpaired) electrons. The summed E-state index contributed by atoms with van der Waals surface area (Å²) in [6, 6.07) is 15.0. The van der Waals surface area contributed by atoms with Crippen LogP contribution in [0.1, 0.15) is 21.7 Å². The maximum Gasteiger partial charge on any atom is 0.433 e. The van der Waals surface area contributed by atoms with Crippen molar-refractivity contribution in [2.75, 3.05) is 27.4 Å². The first-order valence-electron chi connectivity index (χ1n) is 10.8. The molecule has 1 fully saturated rings. The Labute approximate surface area is 211 Å². The number of furan rings is 1. The van der Waals surface area contributed by atoms with Crippen molar-refractivity contribution in [3.05, 3.63) is 87.7 Å². The van der Waals surface area contributed by atoms with Crippen molar-refractivity contribution in [3.8, 4) is 17.2 Å². The minimum atomic E-state index is -0.651. The van der Waals surface area contributed by atoms with Gasteiger partial charge in [0.05, 0.1) is 33.0 Å². The number of ether oxygens (including phenoxy) is 3. The van der Waals surface area contributed by atoms with Crippen LogP contribution in [-0.4, -0.2) is 60.5 Å². The van der Waals surface area contributed by atoms with Crippen LogP contribution in [0.15, 0.2) is 70.2 Å². The number of aromatic hydroxyl groups is 1. The highest BCUT2D eigenvalue weighted by Gasteiger charge is 2.21. The summed E-state index contributed by atoms with van der Waals surface area (Å²) in [5, 5.41) is 25.2. The van der Waals surface area contributed by atoms with Crippen LogP contribution in [0, 0.1) is 10.1 Å². The summed E-state index contributed by atoms with van der Waals surface area (Å²) >= 11 is 0. The van der Waals surface area contributed by atoms with Gasteiger partial charge in [0.25, 0.3) is 0 Å². The van der Waals surface area contributed by atoms with Crippen molar-refractivity contribution < 1.29 is 38.2 Å². The number of hydrogen-bond donors (Lipinski definition) is 1. The van der Waals surface area contributed by atoms with Gasteiger partial charge >= 0.3 is 12.0 Å². The highest BCUT2D eigenvalue weighted by Crippen LogP contribution is 2.33. The van der Waals surface area contributed by atoms with E-state index in [1.165, 1.54) is 44.7 Å². The number of rotatable bonds is 8. The molecule has 0 atom stereocenters. The average molecular weight is 509 g/mol. The van der Waals surface area contributed by atoms with Crippen LogP contribution in [0.3, 0.4) is 0 Å². The lowest BCUT2D eigenvalue weighted by molar-refractivity contribution is -0.402. The van der Waals surface area contributed by atoms with E-state index in [-0.39, 0.29) is 41.1 Å². The molecule has 0 spiro atoms. The molecule has 1 amide bonds. The van der Waals surface area contributed by atoms with E-state index in [2.05, 4.69) is 9.84 Å². The van der Waals surface area contributed by atoms with Gasteiger partial charge in [-0.1, -0.05) is 36.4 Å². The van der Waals surface area contributed by atoms with Gasteiger partial charge in [-0.2, -0.15) is 10.1 Å². The first-order chi connectivity index (χ1) is 17.8. The standard InChI is InChI=1S/C17H16O4.C8H7N3O5/c1-20-13-10-15(19)17(16(11-13)21-2)14(18)9-8-12-6-4-3-5-7-12;12-8-10(3-4-15-8)9-5-6-1-2-7(16-6)11(13)14/h3-11,19H,1-2H3;1-2,5H,3-4H2. The van der Waals surface area contributed by atoms with Crippen molar-refractivity contribution in [1.29, 1.82) is 0 Å². The van der Waals surface area contributed by atoms with Gasteiger partial charge in [-0.25, -0.2) is 4.79 Å². The fourth-order valence-corrected chi connectivity index (χ4v) is 3.05. The summed E-state index contributed by atoms with van der Waals surface area (Å²) in [6.07, 6.45) is 3.77. The van der Waals surface area contributed by atoms with E-state index < -0.39 is 11.0 Å². The predicted molar refractivity (Wildman–Crippen MR) is 132 cm³/mol. The lowest BCUT2D eigenvalue weighted by Gasteiger charge is -2.10. The van der Waals surface area contributed by atoms with Crippen LogP contribution in [0.4, 0.5) is 10.7 Å². The van der Waals surface area contributed by atoms with E-state index in [1.54, 1.807) is 12.1 Å². The fraction of sp³-hybridized carbons (Fsp3) is 0.160. The minimum absolute atomic E-state index is 0.116. The number of amides is 1. The van der Waals surface area contributed by atoms with E-state index >= 15 is 0 Å². The number of phenols is 1. The monoisotopic (exact) mass is 509 g/mol. The molecular formula is C25H23N3O9.